The number of ketones is 1. The summed E-state index contributed by atoms with van der Waals surface area (Å²) in [5.41, 5.74) is 3.89. The van der Waals surface area contributed by atoms with E-state index in [0.29, 0.717) is 28.9 Å². The van der Waals surface area contributed by atoms with Crippen molar-refractivity contribution in [2.24, 2.45) is 0 Å². The third-order valence-corrected chi connectivity index (χ3v) is 5.92. The van der Waals surface area contributed by atoms with Crippen LogP contribution in [0.2, 0.25) is 0 Å². The van der Waals surface area contributed by atoms with Gasteiger partial charge in [0.25, 0.3) is 0 Å². The van der Waals surface area contributed by atoms with Gasteiger partial charge in [-0.15, -0.1) is 0 Å². The van der Waals surface area contributed by atoms with Gasteiger partial charge in [-0.1, -0.05) is 44.2 Å². The molecule has 0 aliphatic rings. The number of anilines is 2. The van der Waals surface area contributed by atoms with Crippen LogP contribution in [0.5, 0.6) is 5.75 Å². The Morgan fingerprint density at radius 1 is 1.10 bits per heavy atom. The number of rotatable bonds is 10. The quantitative estimate of drug-likeness (QED) is 0.449. The predicted octanol–water partition coefficient (Wildman–Crippen LogP) is 4.95. The van der Waals surface area contributed by atoms with Crippen LogP contribution in [-0.2, 0) is 16.3 Å². The van der Waals surface area contributed by atoms with Crippen molar-refractivity contribution >= 4 is 37.9 Å². The van der Waals surface area contributed by atoms with E-state index >= 15 is 0 Å². The lowest BCUT2D eigenvalue weighted by atomic mass is 10.0. The summed E-state index contributed by atoms with van der Waals surface area (Å²) in [6.45, 7) is 4.10. The summed E-state index contributed by atoms with van der Waals surface area (Å²) in [4.78, 5) is 17.4. The molecule has 1 heterocycles. The Kier molecular flexibility index (Phi) is 7.28. The maximum absolute atomic E-state index is 12.8. The molecule has 0 unspecified atom stereocenters. The molecule has 0 aliphatic carbocycles. The number of sulfone groups is 1. The molecule has 0 saturated carbocycles. The molecule has 1 N–H and O–H groups in total. The molecule has 3 rings (SSSR count). The van der Waals surface area contributed by atoms with E-state index in [0.717, 1.165) is 29.5 Å². The first-order chi connectivity index (χ1) is 14.8. The van der Waals surface area contributed by atoms with Crippen molar-refractivity contribution in [3.05, 3.63) is 59.8 Å². The number of hydrogen-bond acceptors (Lipinski definition) is 6. The standard InChI is InChI=1S/C24H28N2O4S/c1-4-9-21(27)19-16-25-24-18(11-8-13-22(24)30-14-15-31(3,28)29)23(19)26-20-12-7-6-10-17(20)5-2/h6-8,10-13,16H,4-5,9,14-15H2,1-3H3,(H,25,26). The highest BCUT2D eigenvalue weighted by molar-refractivity contribution is 7.90. The van der Waals surface area contributed by atoms with Crippen molar-refractivity contribution in [3.63, 3.8) is 0 Å². The summed E-state index contributed by atoms with van der Waals surface area (Å²) in [6.07, 6.45) is 4.79. The first-order valence-electron chi connectivity index (χ1n) is 10.4. The summed E-state index contributed by atoms with van der Waals surface area (Å²) >= 11 is 0. The Morgan fingerprint density at radius 2 is 1.87 bits per heavy atom. The van der Waals surface area contributed by atoms with Crippen LogP contribution in [0.25, 0.3) is 10.9 Å². The molecule has 0 saturated heterocycles. The van der Waals surface area contributed by atoms with E-state index in [1.165, 1.54) is 6.26 Å². The fourth-order valence-electron chi connectivity index (χ4n) is 3.41. The summed E-state index contributed by atoms with van der Waals surface area (Å²) in [6, 6.07) is 13.5. The summed E-state index contributed by atoms with van der Waals surface area (Å²) in [5, 5.41) is 4.22. The average Bonchev–Trinajstić information content (AvgIpc) is 2.73. The Balaban J connectivity index is 2.10. The number of carbonyl (C=O) groups excluding carboxylic acids is 1. The molecular formula is C24H28N2O4S. The fraction of sp³-hybridized carbons (Fsp3) is 0.333. The van der Waals surface area contributed by atoms with Crippen molar-refractivity contribution in [1.82, 2.24) is 4.98 Å². The Labute approximate surface area is 183 Å². The van der Waals surface area contributed by atoms with Crippen molar-refractivity contribution in [2.75, 3.05) is 23.9 Å². The topological polar surface area (TPSA) is 85.4 Å². The van der Waals surface area contributed by atoms with Gasteiger partial charge in [0, 0.05) is 29.9 Å². The Hall–Kier alpha value is -2.93. The second-order valence-corrected chi connectivity index (χ2v) is 9.75. The minimum atomic E-state index is -3.13. The lowest BCUT2D eigenvalue weighted by molar-refractivity contribution is 0.0982. The molecule has 164 valence electrons. The molecule has 0 amide bonds. The second-order valence-electron chi connectivity index (χ2n) is 7.49. The lowest BCUT2D eigenvalue weighted by Gasteiger charge is -2.17. The molecule has 0 aliphatic heterocycles. The Bertz CT molecular complexity index is 1190. The number of carbonyl (C=O) groups is 1. The number of benzene rings is 2. The molecule has 31 heavy (non-hydrogen) atoms. The number of para-hydroxylation sites is 2. The second kappa shape index (κ2) is 9.92. The highest BCUT2D eigenvalue weighted by Crippen LogP contribution is 2.35. The van der Waals surface area contributed by atoms with Crippen LogP contribution < -0.4 is 10.1 Å². The molecule has 0 atom stereocenters. The van der Waals surface area contributed by atoms with Gasteiger partial charge in [-0.3, -0.25) is 9.78 Å². The number of aromatic nitrogens is 1. The molecular weight excluding hydrogens is 412 g/mol. The normalized spacial score (nSPS) is 11.5. The molecule has 0 radical (unpaired) electrons. The van der Waals surface area contributed by atoms with Gasteiger partial charge in [-0.2, -0.15) is 0 Å². The lowest BCUT2D eigenvalue weighted by Crippen LogP contribution is -2.12. The molecule has 3 aromatic rings. The number of fused-ring (bicyclic) bond motifs is 1. The van der Waals surface area contributed by atoms with Gasteiger partial charge in [0.2, 0.25) is 0 Å². The minimum Gasteiger partial charge on any atom is -0.490 e. The smallest absolute Gasteiger partial charge is 0.166 e. The van der Waals surface area contributed by atoms with Gasteiger partial charge < -0.3 is 10.1 Å². The van der Waals surface area contributed by atoms with Gasteiger partial charge in [-0.25, -0.2) is 8.42 Å². The van der Waals surface area contributed by atoms with Crippen LogP contribution in [0.3, 0.4) is 0 Å². The molecule has 1 aromatic heterocycles. The molecule has 2 aromatic carbocycles. The van der Waals surface area contributed by atoms with Crippen LogP contribution in [0.4, 0.5) is 11.4 Å². The van der Waals surface area contributed by atoms with Gasteiger partial charge in [0.15, 0.2) is 15.6 Å². The zero-order valence-electron chi connectivity index (χ0n) is 18.1. The minimum absolute atomic E-state index is 0.0248. The number of nitrogens with zero attached hydrogens (tertiary/aromatic N) is 1. The first-order valence-corrected chi connectivity index (χ1v) is 12.5. The third kappa shape index (κ3) is 5.61. The van der Waals surface area contributed by atoms with Crippen molar-refractivity contribution < 1.29 is 17.9 Å². The molecule has 7 heteroatoms. The van der Waals surface area contributed by atoms with Gasteiger partial charge in [-0.05, 0) is 30.5 Å². The van der Waals surface area contributed by atoms with E-state index < -0.39 is 9.84 Å². The maximum Gasteiger partial charge on any atom is 0.166 e. The highest BCUT2D eigenvalue weighted by Gasteiger charge is 2.18. The number of ether oxygens (including phenoxy) is 1. The van der Waals surface area contributed by atoms with Crippen molar-refractivity contribution in [2.45, 2.75) is 33.1 Å². The van der Waals surface area contributed by atoms with Crippen LogP contribution >= 0.6 is 0 Å². The molecule has 6 nitrogen and oxygen atoms in total. The zero-order chi connectivity index (χ0) is 22.4. The highest BCUT2D eigenvalue weighted by atomic mass is 32.2. The number of aryl methyl sites for hydroxylation is 1. The number of nitrogens with one attached hydrogen (secondary N) is 1. The van der Waals surface area contributed by atoms with Crippen molar-refractivity contribution in [3.8, 4) is 5.75 Å². The van der Waals surface area contributed by atoms with Gasteiger partial charge in [0.05, 0.1) is 17.0 Å². The monoisotopic (exact) mass is 440 g/mol. The largest absolute Gasteiger partial charge is 0.490 e. The fourth-order valence-corrected chi connectivity index (χ4v) is 3.79. The van der Waals surface area contributed by atoms with Crippen LogP contribution in [0.15, 0.2) is 48.7 Å². The van der Waals surface area contributed by atoms with E-state index in [9.17, 15) is 13.2 Å². The number of hydrogen-bond donors (Lipinski definition) is 1. The van der Waals surface area contributed by atoms with Gasteiger partial charge >= 0.3 is 0 Å². The van der Waals surface area contributed by atoms with E-state index in [1.54, 1.807) is 12.3 Å². The van der Waals surface area contributed by atoms with E-state index in [1.807, 2.05) is 37.3 Å². The van der Waals surface area contributed by atoms with E-state index in [2.05, 4.69) is 23.3 Å². The molecule has 0 bridgehead atoms. The average molecular weight is 441 g/mol. The zero-order valence-corrected chi connectivity index (χ0v) is 19.0. The number of pyridine rings is 1. The van der Waals surface area contributed by atoms with E-state index in [4.69, 9.17) is 4.74 Å². The van der Waals surface area contributed by atoms with Crippen LogP contribution in [0.1, 0.15) is 42.6 Å². The van der Waals surface area contributed by atoms with Crippen molar-refractivity contribution in [1.29, 1.82) is 0 Å². The van der Waals surface area contributed by atoms with Crippen LogP contribution in [-0.4, -0.2) is 37.8 Å². The maximum atomic E-state index is 12.8. The van der Waals surface area contributed by atoms with Gasteiger partial charge in [0.1, 0.15) is 17.9 Å². The first kappa shape index (κ1) is 22.7. The third-order valence-electron chi connectivity index (χ3n) is 5.01. The molecule has 0 fully saturated rings. The SMILES string of the molecule is CCCC(=O)c1cnc2c(OCCS(C)(=O)=O)cccc2c1Nc1ccccc1CC. The summed E-state index contributed by atoms with van der Waals surface area (Å²) in [5.74, 6) is 0.435. The van der Waals surface area contributed by atoms with Crippen LogP contribution in [0, 0.1) is 0 Å². The molecule has 0 spiro atoms. The Morgan fingerprint density at radius 3 is 2.58 bits per heavy atom. The summed E-state index contributed by atoms with van der Waals surface area (Å²) in [7, 11) is -3.13. The number of Topliss-reactive ketones (excluding diaryl/α,β-unsaturated/α-hetero) is 1. The van der Waals surface area contributed by atoms with E-state index in [-0.39, 0.29) is 18.1 Å². The predicted molar refractivity (Wildman–Crippen MR) is 125 cm³/mol. The summed E-state index contributed by atoms with van der Waals surface area (Å²) < 4.78 is 28.6.